The predicted octanol–water partition coefficient (Wildman–Crippen LogP) is 3.19. The van der Waals surface area contributed by atoms with Crippen LogP contribution in [0.25, 0.3) is 0 Å². The Labute approximate surface area is 169 Å². The maximum Gasteiger partial charge on any atom is 0.276 e. The van der Waals surface area contributed by atoms with Crippen LogP contribution in [0.1, 0.15) is 57.7 Å². The van der Waals surface area contributed by atoms with Crippen LogP contribution in [0, 0.1) is 0 Å². The van der Waals surface area contributed by atoms with Crippen molar-refractivity contribution < 1.29 is 9.59 Å². The molecule has 0 aliphatic rings. The van der Waals surface area contributed by atoms with Gasteiger partial charge >= 0.3 is 0 Å². The summed E-state index contributed by atoms with van der Waals surface area (Å²) in [7, 11) is 0. The number of rotatable bonds is 8. The van der Waals surface area contributed by atoms with Crippen molar-refractivity contribution in [2.24, 2.45) is 0 Å². The molecule has 0 aliphatic carbocycles. The van der Waals surface area contributed by atoms with E-state index >= 15 is 0 Å². The fourth-order valence-electron chi connectivity index (χ4n) is 2.25. The third-order valence-electron chi connectivity index (χ3n) is 3.52. The second-order valence-corrected chi connectivity index (χ2v) is 7.94. The zero-order chi connectivity index (χ0) is 19.9. The lowest BCUT2D eigenvalue weighted by atomic mass is 10.3. The van der Waals surface area contributed by atoms with Crippen LogP contribution in [0.3, 0.4) is 0 Å². The zero-order valence-corrected chi connectivity index (χ0v) is 17.1. The number of anilines is 2. The highest BCUT2D eigenvalue weighted by Crippen LogP contribution is 2.18. The van der Waals surface area contributed by atoms with Crippen LogP contribution in [-0.4, -0.2) is 37.2 Å². The summed E-state index contributed by atoms with van der Waals surface area (Å²) in [5.41, 5.74) is 0.229. The van der Waals surface area contributed by atoms with E-state index in [1.165, 1.54) is 34.8 Å². The standard InChI is InChI=1S/C17H19N7O2S2/c1-3-6-12-21-23-16(27-12)19-14(25)10-8-5-9-11(18-10)15(26)20-17-24-22-13(28-17)7-4-2/h5,8-9H,3-4,6-7H2,1-2H3,(H,19,23,25)(H,20,24,26). The number of aromatic nitrogens is 5. The van der Waals surface area contributed by atoms with Crippen LogP contribution >= 0.6 is 22.7 Å². The molecular weight excluding hydrogens is 398 g/mol. The molecule has 28 heavy (non-hydrogen) atoms. The summed E-state index contributed by atoms with van der Waals surface area (Å²) in [5.74, 6) is -0.898. The van der Waals surface area contributed by atoms with E-state index in [1.54, 1.807) is 6.07 Å². The summed E-state index contributed by atoms with van der Waals surface area (Å²) in [4.78, 5) is 28.9. The van der Waals surface area contributed by atoms with Crippen molar-refractivity contribution in [1.82, 2.24) is 25.4 Å². The minimum absolute atomic E-state index is 0.115. The van der Waals surface area contributed by atoms with Gasteiger partial charge in [0, 0.05) is 12.8 Å². The first-order valence-electron chi connectivity index (χ1n) is 8.83. The third-order valence-corrected chi connectivity index (χ3v) is 5.31. The van der Waals surface area contributed by atoms with Crippen molar-refractivity contribution in [3.63, 3.8) is 0 Å². The Morgan fingerprint density at radius 3 is 1.71 bits per heavy atom. The molecule has 3 aromatic rings. The molecule has 0 saturated carbocycles. The first-order chi connectivity index (χ1) is 13.6. The van der Waals surface area contributed by atoms with Gasteiger partial charge in [-0.3, -0.25) is 20.2 Å². The number of hydrogen-bond donors (Lipinski definition) is 2. The van der Waals surface area contributed by atoms with Crippen molar-refractivity contribution in [3.8, 4) is 0 Å². The van der Waals surface area contributed by atoms with E-state index in [2.05, 4.69) is 36.0 Å². The topological polar surface area (TPSA) is 123 Å². The highest BCUT2D eigenvalue weighted by Gasteiger charge is 2.16. The summed E-state index contributed by atoms with van der Waals surface area (Å²) in [6.07, 6.45) is 3.53. The molecule has 0 radical (unpaired) electrons. The Morgan fingerprint density at radius 2 is 1.29 bits per heavy atom. The molecule has 0 unspecified atom stereocenters. The lowest BCUT2D eigenvalue weighted by molar-refractivity contribution is 0.101. The molecule has 2 N–H and O–H groups in total. The van der Waals surface area contributed by atoms with Gasteiger partial charge < -0.3 is 0 Å². The minimum Gasteiger partial charge on any atom is -0.295 e. The maximum absolute atomic E-state index is 12.4. The normalized spacial score (nSPS) is 10.6. The molecule has 0 saturated heterocycles. The maximum atomic E-state index is 12.4. The number of nitrogens with one attached hydrogen (secondary N) is 2. The van der Waals surface area contributed by atoms with Crippen molar-refractivity contribution >= 4 is 44.8 Å². The molecule has 3 rings (SSSR count). The molecule has 0 spiro atoms. The number of amides is 2. The fourth-order valence-corrected chi connectivity index (χ4v) is 3.92. The highest BCUT2D eigenvalue weighted by molar-refractivity contribution is 7.15. The Hall–Kier alpha value is -2.79. The highest BCUT2D eigenvalue weighted by atomic mass is 32.1. The molecule has 3 aromatic heterocycles. The van der Waals surface area contributed by atoms with E-state index in [0.29, 0.717) is 10.3 Å². The number of hydrogen-bond acceptors (Lipinski definition) is 9. The lowest BCUT2D eigenvalue weighted by Gasteiger charge is -2.04. The van der Waals surface area contributed by atoms with Gasteiger partial charge in [0.25, 0.3) is 11.8 Å². The van der Waals surface area contributed by atoms with Crippen molar-refractivity contribution in [2.75, 3.05) is 10.6 Å². The Bertz CT molecular complexity index is 896. The number of carbonyl (C=O) groups excluding carboxylic acids is 2. The van der Waals surface area contributed by atoms with Crippen molar-refractivity contribution in [2.45, 2.75) is 39.5 Å². The van der Waals surface area contributed by atoms with Gasteiger partial charge in [0.2, 0.25) is 10.3 Å². The Balaban J connectivity index is 1.66. The molecule has 146 valence electrons. The van der Waals surface area contributed by atoms with Crippen LogP contribution in [0.15, 0.2) is 18.2 Å². The van der Waals surface area contributed by atoms with Crippen molar-refractivity contribution in [3.05, 3.63) is 39.6 Å². The van der Waals surface area contributed by atoms with Gasteiger partial charge in [0.1, 0.15) is 21.4 Å². The molecule has 9 nitrogen and oxygen atoms in total. The second kappa shape index (κ2) is 9.42. The first-order valence-corrected chi connectivity index (χ1v) is 10.5. The molecule has 0 aromatic carbocycles. The number of nitrogens with zero attached hydrogens (tertiary/aromatic N) is 5. The summed E-state index contributed by atoms with van der Waals surface area (Å²) >= 11 is 2.65. The van der Waals surface area contributed by atoms with Crippen LogP contribution in [0.4, 0.5) is 10.3 Å². The smallest absolute Gasteiger partial charge is 0.276 e. The van der Waals surface area contributed by atoms with Crippen LogP contribution in [0.2, 0.25) is 0 Å². The van der Waals surface area contributed by atoms with Crippen LogP contribution in [0.5, 0.6) is 0 Å². The van der Waals surface area contributed by atoms with Gasteiger partial charge in [-0.1, -0.05) is 42.6 Å². The molecule has 2 amide bonds. The summed E-state index contributed by atoms with van der Waals surface area (Å²) < 4.78 is 0. The van der Waals surface area contributed by atoms with Gasteiger partial charge in [-0.2, -0.15) is 0 Å². The molecular formula is C17H19N7O2S2. The van der Waals surface area contributed by atoms with E-state index < -0.39 is 11.8 Å². The average molecular weight is 418 g/mol. The fraction of sp³-hybridized carbons (Fsp3) is 0.353. The average Bonchev–Trinajstić information content (AvgIpc) is 3.32. The summed E-state index contributed by atoms with van der Waals surface area (Å²) in [6.45, 7) is 4.10. The Kier molecular flexibility index (Phi) is 6.71. The van der Waals surface area contributed by atoms with Gasteiger partial charge in [0.15, 0.2) is 0 Å². The zero-order valence-electron chi connectivity index (χ0n) is 15.4. The lowest BCUT2D eigenvalue weighted by Crippen LogP contribution is -2.18. The van der Waals surface area contributed by atoms with Crippen LogP contribution < -0.4 is 10.6 Å². The van der Waals surface area contributed by atoms with Gasteiger partial charge in [-0.05, 0) is 25.0 Å². The molecule has 3 heterocycles. The Morgan fingerprint density at radius 1 is 0.821 bits per heavy atom. The first kappa shape index (κ1) is 20.0. The van der Waals surface area contributed by atoms with E-state index in [9.17, 15) is 9.59 Å². The SMILES string of the molecule is CCCc1nnc(NC(=O)c2cccc(C(=O)Nc3nnc(CCC)s3)n2)s1. The molecule has 0 aliphatic heterocycles. The second-order valence-electron chi connectivity index (χ2n) is 5.82. The van der Waals surface area contributed by atoms with Crippen LogP contribution in [-0.2, 0) is 12.8 Å². The number of carbonyl (C=O) groups is 2. The van der Waals surface area contributed by atoms with Gasteiger partial charge in [-0.25, -0.2) is 4.98 Å². The van der Waals surface area contributed by atoms with Crippen molar-refractivity contribution in [1.29, 1.82) is 0 Å². The molecule has 11 heteroatoms. The largest absolute Gasteiger partial charge is 0.295 e. The summed E-state index contributed by atoms with van der Waals surface area (Å²) in [5, 5.41) is 23.8. The quantitative estimate of drug-likeness (QED) is 0.577. The summed E-state index contributed by atoms with van der Waals surface area (Å²) in [6, 6.07) is 4.66. The molecule has 0 fully saturated rings. The van der Waals surface area contributed by atoms with E-state index in [1.807, 2.05) is 13.8 Å². The third kappa shape index (κ3) is 5.14. The van der Waals surface area contributed by atoms with E-state index in [4.69, 9.17) is 0 Å². The monoisotopic (exact) mass is 417 g/mol. The molecule has 0 bridgehead atoms. The predicted molar refractivity (Wildman–Crippen MR) is 108 cm³/mol. The number of aryl methyl sites for hydroxylation is 2. The molecule has 0 atom stereocenters. The minimum atomic E-state index is -0.449. The van der Waals surface area contributed by atoms with Gasteiger partial charge in [-0.15, -0.1) is 20.4 Å². The van der Waals surface area contributed by atoms with E-state index in [0.717, 1.165) is 35.7 Å². The van der Waals surface area contributed by atoms with Gasteiger partial charge in [0.05, 0.1) is 0 Å². The van der Waals surface area contributed by atoms with E-state index in [-0.39, 0.29) is 11.4 Å². The number of pyridine rings is 1.